The molecule has 0 amide bonds. The molecule has 0 spiro atoms. The number of ether oxygens (including phenoxy) is 1. The second kappa shape index (κ2) is 8.53. The van der Waals surface area contributed by atoms with E-state index in [1.165, 1.54) is 0 Å². The summed E-state index contributed by atoms with van der Waals surface area (Å²) in [5.41, 5.74) is 12.6. The second-order valence-corrected chi connectivity index (χ2v) is 8.60. The first-order valence-corrected chi connectivity index (χ1v) is 11.7. The highest BCUT2D eigenvalue weighted by molar-refractivity contribution is 5.88. The minimum atomic E-state index is -0.137. The van der Waals surface area contributed by atoms with Crippen LogP contribution in [0.1, 0.15) is 43.2 Å². The van der Waals surface area contributed by atoms with Gasteiger partial charge in [0.1, 0.15) is 0 Å². The van der Waals surface area contributed by atoms with E-state index in [0.29, 0.717) is 6.54 Å². The molecular weight excluding hydrogens is 414 g/mol. The van der Waals surface area contributed by atoms with Crippen LogP contribution in [0.25, 0.3) is 22.4 Å². The molecule has 0 saturated carbocycles. The third-order valence-corrected chi connectivity index (χ3v) is 6.53. The van der Waals surface area contributed by atoms with Crippen molar-refractivity contribution in [3.63, 3.8) is 0 Å². The van der Waals surface area contributed by atoms with Gasteiger partial charge in [-0.15, -0.1) is 5.10 Å². The van der Waals surface area contributed by atoms with E-state index >= 15 is 0 Å². The Balaban J connectivity index is 1.53. The van der Waals surface area contributed by atoms with Gasteiger partial charge < -0.3 is 15.4 Å². The monoisotopic (exact) mass is 441 g/mol. The molecular formula is C25H27N7O. The standard InChI is InChI=1S/C25H27N7O/c26-15-17-7-1-2-8-18(17)20-16-28-23-24(29-20)32(22-11-3-4-14-33-22)30-25(23)31-13-6-9-19-21(31)10-5-12-27-19/h1-2,5,7-8,10,12,16,22H,3-4,6,9,11,13-15,26H2. The molecule has 2 aliphatic rings. The van der Waals surface area contributed by atoms with Crippen LogP contribution in [0.5, 0.6) is 0 Å². The number of rotatable bonds is 4. The lowest BCUT2D eigenvalue weighted by molar-refractivity contribution is -0.0368. The summed E-state index contributed by atoms with van der Waals surface area (Å²) in [6.07, 6.45) is 8.66. The molecule has 1 aromatic carbocycles. The molecule has 1 atom stereocenters. The molecule has 8 nitrogen and oxygen atoms in total. The zero-order valence-electron chi connectivity index (χ0n) is 18.5. The van der Waals surface area contributed by atoms with E-state index in [0.717, 1.165) is 90.4 Å². The lowest BCUT2D eigenvalue weighted by atomic mass is 10.1. The Morgan fingerprint density at radius 1 is 1.06 bits per heavy atom. The van der Waals surface area contributed by atoms with E-state index in [1.807, 2.05) is 47.4 Å². The molecule has 3 aromatic heterocycles. The van der Waals surface area contributed by atoms with Crippen molar-refractivity contribution < 1.29 is 4.74 Å². The fourth-order valence-electron chi connectivity index (χ4n) is 4.88. The van der Waals surface area contributed by atoms with Crippen molar-refractivity contribution in [2.45, 2.75) is 44.9 Å². The molecule has 4 aromatic rings. The summed E-state index contributed by atoms with van der Waals surface area (Å²) in [4.78, 5) is 16.8. The Bertz CT molecular complexity index is 1300. The zero-order chi connectivity index (χ0) is 22.2. The molecule has 5 heterocycles. The van der Waals surface area contributed by atoms with Gasteiger partial charge in [0.05, 0.1) is 23.3 Å². The first kappa shape index (κ1) is 20.3. The lowest BCUT2D eigenvalue weighted by Gasteiger charge is -2.28. The molecule has 1 unspecified atom stereocenters. The minimum absolute atomic E-state index is 0.137. The first-order valence-electron chi connectivity index (χ1n) is 11.7. The average molecular weight is 442 g/mol. The van der Waals surface area contributed by atoms with Crippen molar-refractivity contribution in [3.05, 3.63) is 60.0 Å². The third-order valence-electron chi connectivity index (χ3n) is 6.53. The molecule has 0 radical (unpaired) electrons. The van der Waals surface area contributed by atoms with Crippen molar-refractivity contribution in [1.29, 1.82) is 0 Å². The van der Waals surface area contributed by atoms with Gasteiger partial charge in [-0.3, -0.25) is 4.98 Å². The van der Waals surface area contributed by atoms with Gasteiger partial charge in [-0.1, -0.05) is 24.3 Å². The molecule has 33 heavy (non-hydrogen) atoms. The van der Waals surface area contributed by atoms with Crippen LogP contribution in [-0.4, -0.2) is 37.9 Å². The first-order chi connectivity index (χ1) is 16.3. The maximum absolute atomic E-state index is 6.11. The Morgan fingerprint density at radius 3 is 2.88 bits per heavy atom. The Hall–Kier alpha value is -3.36. The molecule has 168 valence electrons. The highest BCUT2D eigenvalue weighted by Crippen LogP contribution is 2.37. The van der Waals surface area contributed by atoms with Crippen molar-refractivity contribution in [2.75, 3.05) is 18.1 Å². The van der Waals surface area contributed by atoms with Gasteiger partial charge in [-0.2, -0.15) is 0 Å². The van der Waals surface area contributed by atoms with Gasteiger partial charge >= 0.3 is 0 Å². The van der Waals surface area contributed by atoms with Crippen molar-refractivity contribution in [1.82, 2.24) is 24.7 Å². The highest BCUT2D eigenvalue weighted by atomic mass is 16.5. The average Bonchev–Trinajstić information content (AvgIpc) is 3.27. The van der Waals surface area contributed by atoms with Crippen LogP contribution < -0.4 is 10.6 Å². The molecule has 2 N–H and O–H groups in total. The van der Waals surface area contributed by atoms with E-state index in [-0.39, 0.29) is 6.23 Å². The molecule has 1 saturated heterocycles. The molecule has 1 fully saturated rings. The number of benzene rings is 1. The Labute approximate surface area is 192 Å². The van der Waals surface area contributed by atoms with Gasteiger partial charge in [0.2, 0.25) is 0 Å². The van der Waals surface area contributed by atoms with E-state index in [9.17, 15) is 0 Å². The number of aromatic nitrogens is 5. The number of hydrogen-bond acceptors (Lipinski definition) is 7. The molecule has 6 rings (SSSR count). The SMILES string of the molecule is NCc1ccccc1-c1cnc2c(N3CCCc4ncccc43)nn(C3CCCCO3)c2n1. The quantitative estimate of drug-likeness (QED) is 0.509. The number of pyridine rings is 1. The largest absolute Gasteiger partial charge is 0.356 e. The minimum Gasteiger partial charge on any atom is -0.356 e. The molecule has 2 aliphatic heterocycles. The third kappa shape index (κ3) is 3.55. The molecule has 8 heteroatoms. The predicted molar refractivity (Wildman–Crippen MR) is 127 cm³/mol. The lowest BCUT2D eigenvalue weighted by Crippen LogP contribution is -2.26. The van der Waals surface area contributed by atoms with Crippen LogP contribution in [0.4, 0.5) is 11.5 Å². The van der Waals surface area contributed by atoms with E-state index < -0.39 is 0 Å². The van der Waals surface area contributed by atoms with Crippen LogP contribution in [0.3, 0.4) is 0 Å². The van der Waals surface area contributed by atoms with Crippen molar-refractivity contribution in [2.24, 2.45) is 5.73 Å². The topological polar surface area (TPSA) is 95.0 Å². The highest BCUT2D eigenvalue weighted by Gasteiger charge is 2.28. The van der Waals surface area contributed by atoms with Gasteiger partial charge in [0.15, 0.2) is 23.2 Å². The van der Waals surface area contributed by atoms with Crippen LogP contribution in [-0.2, 0) is 17.7 Å². The summed E-state index contributed by atoms with van der Waals surface area (Å²) in [5, 5.41) is 5.05. The summed E-state index contributed by atoms with van der Waals surface area (Å²) in [6, 6.07) is 12.2. The molecule has 0 bridgehead atoms. The van der Waals surface area contributed by atoms with Crippen LogP contribution in [0, 0.1) is 0 Å². The van der Waals surface area contributed by atoms with E-state index in [2.05, 4.69) is 16.0 Å². The molecule has 0 aliphatic carbocycles. The summed E-state index contributed by atoms with van der Waals surface area (Å²) in [6.45, 7) is 2.06. The normalized spacial score (nSPS) is 18.5. The smallest absolute Gasteiger partial charge is 0.183 e. The van der Waals surface area contributed by atoms with Crippen LogP contribution in [0.15, 0.2) is 48.8 Å². The fourth-order valence-corrected chi connectivity index (χ4v) is 4.88. The van der Waals surface area contributed by atoms with Gasteiger partial charge in [-0.05, 0) is 49.8 Å². The van der Waals surface area contributed by atoms with Crippen molar-refractivity contribution in [3.8, 4) is 11.3 Å². The van der Waals surface area contributed by atoms with E-state index in [4.69, 9.17) is 25.5 Å². The summed E-state index contributed by atoms with van der Waals surface area (Å²) >= 11 is 0. The predicted octanol–water partition coefficient (Wildman–Crippen LogP) is 4.13. The van der Waals surface area contributed by atoms with Gasteiger partial charge in [0, 0.05) is 31.5 Å². The van der Waals surface area contributed by atoms with E-state index in [1.54, 1.807) is 0 Å². The number of fused-ring (bicyclic) bond motifs is 2. The second-order valence-electron chi connectivity index (χ2n) is 8.60. The summed E-state index contributed by atoms with van der Waals surface area (Å²) in [7, 11) is 0. The van der Waals surface area contributed by atoms with Gasteiger partial charge in [0.25, 0.3) is 0 Å². The number of nitrogens with zero attached hydrogens (tertiary/aromatic N) is 6. The number of nitrogens with two attached hydrogens (primary N) is 1. The Kier molecular flexibility index (Phi) is 5.24. The maximum atomic E-state index is 6.11. The van der Waals surface area contributed by atoms with Crippen LogP contribution in [0.2, 0.25) is 0 Å². The summed E-state index contributed by atoms with van der Waals surface area (Å²) < 4.78 is 8.06. The summed E-state index contributed by atoms with van der Waals surface area (Å²) in [5.74, 6) is 0.819. The van der Waals surface area contributed by atoms with Gasteiger partial charge in [-0.25, -0.2) is 14.6 Å². The number of anilines is 2. The Morgan fingerprint density at radius 2 is 2.00 bits per heavy atom. The zero-order valence-corrected chi connectivity index (χ0v) is 18.5. The number of hydrogen-bond donors (Lipinski definition) is 1. The fraction of sp³-hybridized carbons (Fsp3) is 0.360. The number of aryl methyl sites for hydroxylation is 1. The maximum Gasteiger partial charge on any atom is 0.183 e. The van der Waals surface area contributed by atoms with Crippen molar-refractivity contribution >= 4 is 22.7 Å². The van der Waals surface area contributed by atoms with Crippen LogP contribution >= 0.6 is 0 Å².